The number of thiophene rings is 1. The van der Waals surface area contributed by atoms with Crippen LogP contribution in [0, 0.1) is 15.9 Å². The topological polar surface area (TPSA) is 113 Å². The van der Waals surface area contributed by atoms with Crippen molar-refractivity contribution in [2.75, 3.05) is 25.0 Å². The molecule has 4 aromatic rings. The van der Waals surface area contributed by atoms with Gasteiger partial charge in [-0.1, -0.05) is 36.4 Å². The fourth-order valence-corrected chi connectivity index (χ4v) is 5.47. The van der Waals surface area contributed by atoms with Crippen molar-refractivity contribution >= 4 is 50.5 Å². The van der Waals surface area contributed by atoms with Gasteiger partial charge in [-0.05, 0) is 35.0 Å². The van der Waals surface area contributed by atoms with Crippen LogP contribution in [0.4, 0.5) is 15.8 Å². The second kappa shape index (κ2) is 10.4. The van der Waals surface area contributed by atoms with E-state index in [0.29, 0.717) is 11.3 Å². The molecule has 1 N–H and O–H groups in total. The molecule has 1 unspecified atom stereocenters. The Hall–Kier alpha value is -4.64. The summed E-state index contributed by atoms with van der Waals surface area (Å²) >= 11 is 1.46. The molecule has 11 heteroatoms. The molecule has 192 valence electrons. The fourth-order valence-electron chi connectivity index (χ4n) is 4.49. The van der Waals surface area contributed by atoms with Crippen LogP contribution in [0.1, 0.15) is 22.0 Å². The van der Waals surface area contributed by atoms with E-state index in [1.807, 2.05) is 35.7 Å². The highest BCUT2D eigenvalue weighted by Gasteiger charge is 2.38. The second-order valence-corrected chi connectivity index (χ2v) is 9.59. The summed E-state index contributed by atoms with van der Waals surface area (Å²) in [5.74, 6) is -2.65. The van der Waals surface area contributed by atoms with Gasteiger partial charge in [0.1, 0.15) is 18.4 Å². The Morgan fingerprint density at radius 1 is 1.03 bits per heavy atom. The molecule has 38 heavy (non-hydrogen) atoms. The van der Waals surface area contributed by atoms with Crippen LogP contribution in [0.15, 0.2) is 78.2 Å². The van der Waals surface area contributed by atoms with E-state index < -0.39 is 52.3 Å². The Balaban J connectivity index is 1.43. The Morgan fingerprint density at radius 2 is 1.76 bits per heavy atom. The molecule has 1 aliphatic heterocycles. The van der Waals surface area contributed by atoms with Crippen molar-refractivity contribution in [2.45, 2.75) is 6.04 Å². The molecular formula is C27H21FN4O5S. The van der Waals surface area contributed by atoms with E-state index in [1.165, 1.54) is 16.2 Å². The normalized spacial score (nSPS) is 14.4. The molecule has 0 radical (unpaired) electrons. The Bertz CT molecular complexity index is 1560. The average Bonchev–Trinajstić information content (AvgIpc) is 3.34. The number of nitro benzene ring substituents is 1. The van der Waals surface area contributed by atoms with Crippen LogP contribution in [0.2, 0.25) is 0 Å². The number of nitro groups is 1. The lowest BCUT2D eigenvalue weighted by Gasteiger charge is -2.38. The molecule has 2 heterocycles. The van der Waals surface area contributed by atoms with Crippen molar-refractivity contribution in [3.05, 3.63) is 105 Å². The molecule has 3 aromatic carbocycles. The molecule has 1 aliphatic rings. The van der Waals surface area contributed by atoms with Crippen LogP contribution < -0.4 is 5.32 Å². The van der Waals surface area contributed by atoms with Gasteiger partial charge < -0.3 is 15.1 Å². The molecule has 1 saturated heterocycles. The summed E-state index contributed by atoms with van der Waals surface area (Å²) in [7, 11) is 0. The average molecular weight is 533 g/mol. The monoisotopic (exact) mass is 532 g/mol. The number of amides is 3. The van der Waals surface area contributed by atoms with E-state index in [9.17, 15) is 28.9 Å². The van der Waals surface area contributed by atoms with Crippen LogP contribution in [0.3, 0.4) is 0 Å². The first-order valence-corrected chi connectivity index (χ1v) is 12.6. The SMILES string of the molecule is O=C(Nc1ccccc1)C(c1csc2ccccc12)N1CCN(C(=O)c2cc([N+](=O)[O-])ccc2F)CC1=O. The fraction of sp³-hybridized carbons (Fsp3) is 0.148. The molecule has 1 aromatic heterocycles. The van der Waals surface area contributed by atoms with Crippen LogP contribution in [-0.4, -0.2) is 52.1 Å². The predicted molar refractivity (Wildman–Crippen MR) is 140 cm³/mol. The highest BCUT2D eigenvalue weighted by molar-refractivity contribution is 7.17. The summed E-state index contributed by atoms with van der Waals surface area (Å²) in [4.78, 5) is 52.9. The first-order valence-electron chi connectivity index (χ1n) is 11.7. The van der Waals surface area contributed by atoms with Gasteiger partial charge in [0.05, 0.1) is 10.5 Å². The minimum Gasteiger partial charge on any atom is -0.327 e. The van der Waals surface area contributed by atoms with Gasteiger partial charge in [-0.25, -0.2) is 4.39 Å². The lowest BCUT2D eigenvalue weighted by atomic mass is 10.0. The number of fused-ring (bicyclic) bond motifs is 1. The second-order valence-electron chi connectivity index (χ2n) is 8.68. The van der Waals surface area contributed by atoms with Crippen molar-refractivity contribution < 1.29 is 23.7 Å². The number of benzene rings is 3. The number of hydrogen-bond donors (Lipinski definition) is 1. The Labute approximate surface area is 220 Å². The standard InChI is InChI=1S/C27H21FN4O5S/c28-22-11-10-18(32(36)37)14-20(22)27(35)30-12-13-31(24(33)15-30)25(26(34)29-17-6-2-1-3-7-17)21-16-38-23-9-5-4-8-19(21)23/h1-11,14,16,25H,12-13,15H2,(H,29,34). The summed E-state index contributed by atoms with van der Waals surface area (Å²) < 4.78 is 15.3. The van der Waals surface area contributed by atoms with E-state index in [2.05, 4.69) is 5.32 Å². The maximum Gasteiger partial charge on any atom is 0.270 e. The Morgan fingerprint density at radius 3 is 2.50 bits per heavy atom. The number of nitrogens with one attached hydrogen (secondary N) is 1. The van der Waals surface area contributed by atoms with Crippen molar-refractivity contribution in [2.24, 2.45) is 0 Å². The van der Waals surface area contributed by atoms with Crippen molar-refractivity contribution in [3.8, 4) is 0 Å². The summed E-state index contributed by atoms with van der Waals surface area (Å²) in [5, 5.41) is 16.7. The van der Waals surface area contributed by atoms with Crippen LogP contribution in [-0.2, 0) is 9.59 Å². The zero-order chi connectivity index (χ0) is 26.8. The maximum atomic E-state index is 14.4. The van der Waals surface area contributed by atoms with Gasteiger partial charge >= 0.3 is 0 Å². The van der Waals surface area contributed by atoms with Gasteiger partial charge in [-0.3, -0.25) is 24.5 Å². The lowest BCUT2D eigenvalue weighted by Crippen LogP contribution is -2.55. The highest BCUT2D eigenvalue weighted by atomic mass is 32.1. The van der Waals surface area contributed by atoms with E-state index >= 15 is 0 Å². The van der Waals surface area contributed by atoms with Gasteiger partial charge in [0.15, 0.2) is 0 Å². The minimum absolute atomic E-state index is 0.0121. The number of rotatable bonds is 6. The third-order valence-corrected chi connectivity index (χ3v) is 7.32. The first kappa shape index (κ1) is 25.0. The van der Waals surface area contributed by atoms with Crippen LogP contribution >= 0.6 is 11.3 Å². The summed E-state index contributed by atoms with van der Waals surface area (Å²) in [6.07, 6.45) is 0. The molecule has 1 fully saturated rings. The van der Waals surface area contributed by atoms with E-state index in [1.54, 1.807) is 24.3 Å². The van der Waals surface area contributed by atoms with Crippen molar-refractivity contribution in [3.63, 3.8) is 0 Å². The molecule has 0 spiro atoms. The van der Waals surface area contributed by atoms with Crippen LogP contribution in [0.25, 0.3) is 10.1 Å². The number of hydrogen-bond acceptors (Lipinski definition) is 6. The molecule has 1 atom stereocenters. The number of non-ortho nitro benzene ring substituents is 1. The zero-order valence-electron chi connectivity index (χ0n) is 19.9. The minimum atomic E-state index is -0.967. The summed E-state index contributed by atoms with van der Waals surface area (Å²) in [5.41, 5.74) is 0.325. The van der Waals surface area contributed by atoms with Gasteiger partial charge in [0.2, 0.25) is 5.91 Å². The molecule has 0 bridgehead atoms. The maximum absolute atomic E-state index is 14.4. The summed E-state index contributed by atoms with van der Waals surface area (Å²) in [6.45, 7) is -0.375. The van der Waals surface area contributed by atoms with Crippen molar-refractivity contribution in [1.82, 2.24) is 9.80 Å². The largest absolute Gasteiger partial charge is 0.327 e. The van der Waals surface area contributed by atoms with E-state index in [-0.39, 0.29) is 13.1 Å². The van der Waals surface area contributed by atoms with Gasteiger partial charge in [0.25, 0.3) is 17.5 Å². The van der Waals surface area contributed by atoms with Gasteiger partial charge in [-0.15, -0.1) is 11.3 Å². The molecule has 0 aliphatic carbocycles. The number of halogens is 1. The number of nitrogens with zero attached hydrogens (tertiary/aromatic N) is 3. The molecule has 3 amide bonds. The van der Waals surface area contributed by atoms with Gasteiger partial charge in [-0.2, -0.15) is 0 Å². The smallest absolute Gasteiger partial charge is 0.270 e. The van der Waals surface area contributed by atoms with Crippen LogP contribution in [0.5, 0.6) is 0 Å². The molecule has 5 rings (SSSR count). The highest BCUT2D eigenvalue weighted by Crippen LogP contribution is 2.35. The number of carbonyl (C=O) groups is 3. The zero-order valence-corrected chi connectivity index (χ0v) is 20.7. The third kappa shape index (κ3) is 4.83. The molecular weight excluding hydrogens is 511 g/mol. The number of para-hydroxylation sites is 1. The first-order chi connectivity index (χ1) is 18.3. The number of piperazine rings is 1. The van der Waals surface area contributed by atoms with E-state index in [4.69, 9.17) is 0 Å². The van der Waals surface area contributed by atoms with E-state index in [0.717, 1.165) is 33.2 Å². The Kier molecular flexibility index (Phi) is 6.84. The summed E-state index contributed by atoms with van der Waals surface area (Å²) in [6, 6.07) is 18.2. The molecule has 9 nitrogen and oxygen atoms in total. The molecule has 0 saturated carbocycles. The quantitative estimate of drug-likeness (QED) is 0.288. The number of anilines is 1. The van der Waals surface area contributed by atoms with Crippen molar-refractivity contribution in [1.29, 1.82) is 0 Å². The van der Waals surface area contributed by atoms with Gasteiger partial charge in [0, 0.05) is 41.2 Å². The predicted octanol–water partition coefficient (Wildman–Crippen LogP) is 4.61. The lowest BCUT2D eigenvalue weighted by molar-refractivity contribution is -0.384. The number of carbonyl (C=O) groups excluding carboxylic acids is 3. The third-order valence-electron chi connectivity index (χ3n) is 6.34.